The summed E-state index contributed by atoms with van der Waals surface area (Å²) in [6.45, 7) is 0. The third kappa shape index (κ3) is 4.27. The van der Waals surface area contributed by atoms with E-state index in [0.29, 0.717) is 0 Å². The molecule has 40 valence electrons. The van der Waals surface area contributed by atoms with Crippen molar-refractivity contribution in [3.05, 3.63) is 0 Å². The first kappa shape index (κ1) is 6.27. The summed E-state index contributed by atoms with van der Waals surface area (Å²) in [6.07, 6.45) is 3.54. The van der Waals surface area contributed by atoms with Crippen LogP contribution < -0.4 is 4.72 Å². The Labute approximate surface area is 40.2 Å². The molecule has 0 amide bonds. The minimum absolute atomic E-state index is 1.41. The van der Waals surface area contributed by atoms with Crippen LogP contribution in [0.1, 0.15) is 0 Å². The maximum absolute atomic E-state index is 8.80. The van der Waals surface area contributed by atoms with Crippen molar-refractivity contribution >= 4 is 10.5 Å². The summed E-state index contributed by atoms with van der Waals surface area (Å²) >= 11 is 0. The van der Waals surface area contributed by atoms with E-state index < -0.39 is 10.5 Å². The standard InChI is InChI=1S/C3H11NOS/c1-4-6(2,3)5/h4-5H,1-3H3. The van der Waals surface area contributed by atoms with E-state index in [9.17, 15) is 0 Å². The van der Waals surface area contributed by atoms with E-state index >= 15 is 0 Å². The summed E-state index contributed by atoms with van der Waals surface area (Å²) < 4.78 is 11.5. The summed E-state index contributed by atoms with van der Waals surface area (Å²) in [5.41, 5.74) is 0. The average molecular weight is 109 g/mol. The van der Waals surface area contributed by atoms with Gasteiger partial charge in [-0.15, -0.1) is 0 Å². The Morgan fingerprint density at radius 2 is 1.67 bits per heavy atom. The molecule has 0 rings (SSSR count). The minimum atomic E-state index is -1.41. The molecule has 3 heteroatoms. The molecule has 0 aromatic heterocycles. The largest absolute Gasteiger partial charge is 0.339 e. The fraction of sp³-hybridized carbons (Fsp3) is 1.00. The Bertz CT molecular complexity index is 40.5. The van der Waals surface area contributed by atoms with E-state index in [0.717, 1.165) is 0 Å². The average Bonchev–Trinajstić information content (AvgIpc) is 1.35. The van der Waals surface area contributed by atoms with Crippen molar-refractivity contribution in [3.63, 3.8) is 0 Å². The normalized spacial score (nSPS) is 14.7. The third-order valence-corrected chi connectivity index (χ3v) is 1.50. The van der Waals surface area contributed by atoms with Gasteiger partial charge in [-0.2, -0.15) is 0 Å². The van der Waals surface area contributed by atoms with Gasteiger partial charge in [0.1, 0.15) is 0 Å². The molecule has 0 bridgehead atoms. The van der Waals surface area contributed by atoms with Gasteiger partial charge in [0.05, 0.1) is 0 Å². The lowest BCUT2D eigenvalue weighted by molar-refractivity contribution is 0.628. The Morgan fingerprint density at radius 1 is 1.50 bits per heavy atom. The summed E-state index contributed by atoms with van der Waals surface area (Å²) in [7, 11) is 0.333. The third-order valence-electron chi connectivity index (χ3n) is 0.500. The molecule has 0 aromatic carbocycles. The number of hydrogen-bond donors (Lipinski definition) is 2. The van der Waals surface area contributed by atoms with Gasteiger partial charge in [-0.25, -0.2) is 0 Å². The highest BCUT2D eigenvalue weighted by Crippen LogP contribution is 2.25. The van der Waals surface area contributed by atoms with E-state index in [2.05, 4.69) is 4.72 Å². The zero-order valence-electron chi connectivity index (χ0n) is 4.36. The lowest BCUT2D eigenvalue weighted by Crippen LogP contribution is -2.10. The van der Waals surface area contributed by atoms with Crippen molar-refractivity contribution in [3.8, 4) is 0 Å². The molecule has 0 aliphatic heterocycles. The van der Waals surface area contributed by atoms with E-state index in [1.54, 1.807) is 19.6 Å². The van der Waals surface area contributed by atoms with Crippen LogP contribution >= 0.6 is 10.5 Å². The second-order valence-corrected chi connectivity index (χ2v) is 4.43. The highest BCUT2D eigenvalue weighted by Gasteiger charge is 1.96. The molecule has 0 unspecified atom stereocenters. The predicted molar refractivity (Wildman–Crippen MR) is 31.1 cm³/mol. The fourth-order valence-corrected chi connectivity index (χ4v) is 0. The molecule has 0 saturated carbocycles. The quantitative estimate of drug-likeness (QED) is 0.518. The maximum Gasteiger partial charge on any atom is -0.000550 e. The Kier molecular flexibility index (Phi) is 1.90. The van der Waals surface area contributed by atoms with Gasteiger partial charge in [0, 0.05) is 0 Å². The van der Waals surface area contributed by atoms with Crippen LogP contribution in [0.5, 0.6) is 0 Å². The lowest BCUT2D eigenvalue weighted by atomic mass is 11.6. The van der Waals surface area contributed by atoms with Crippen LogP contribution in [0, 0.1) is 0 Å². The SMILES string of the molecule is CNS(C)(C)O. The zero-order valence-corrected chi connectivity index (χ0v) is 5.17. The maximum atomic E-state index is 8.80. The first-order chi connectivity index (χ1) is 2.56. The molecular weight excluding hydrogens is 98.1 g/mol. The lowest BCUT2D eigenvalue weighted by Gasteiger charge is -2.20. The van der Waals surface area contributed by atoms with Gasteiger partial charge in [-0.1, -0.05) is 10.5 Å². The summed E-state index contributed by atoms with van der Waals surface area (Å²) in [5, 5.41) is 0. The molecule has 2 N–H and O–H groups in total. The first-order valence-electron chi connectivity index (χ1n) is 1.70. The number of hydrogen-bond acceptors (Lipinski definition) is 2. The van der Waals surface area contributed by atoms with Gasteiger partial charge in [-0.05, 0) is 19.6 Å². The van der Waals surface area contributed by atoms with Gasteiger partial charge >= 0.3 is 0 Å². The highest BCUT2D eigenvalue weighted by atomic mass is 32.3. The molecule has 2 nitrogen and oxygen atoms in total. The van der Waals surface area contributed by atoms with Crippen LogP contribution in [0.4, 0.5) is 0 Å². The molecule has 0 atom stereocenters. The molecular formula is C3H11NOS. The zero-order chi connectivity index (χ0) is 5.21. The summed E-state index contributed by atoms with van der Waals surface area (Å²) in [5.74, 6) is 0. The van der Waals surface area contributed by atoms with Gasteiger partial charge in [0.15, 0.2) is 0 Å². The van der Waals surface area contributed by atoms with Crippen LogP contribution in [-0.4, -0.2) is 24.1 Å². The smallest absolute Gasteiger partial charge is 0.000550 e. The van der Waals surface area contributed by atoms with Crippen molar-refractivity contribution in [2.45, 2.75) is 0 Å². The Balaban J connectivity index is 3.17. The molecule has 0 heterocycles. The molecule has 0 aliphatic carbocycles. The molecule has 0 spiro atoms. The van der Waals surface area contributed by atoms with E-state index in [-0.39, 0.29) is 0 Å². The van der Waals surface area contributed by atoms with E-state index in [4.69, 9.17) is 4.55 Å². The topological polar surface area (TPSA) is 32.3 Å². The van der Waals surface area contributed by atoms with Gasteiger partial charge in [0.2, 0.25) is 0 Å². The van der Waals surface area contributed by atoms with Crippen LogP contribution in [0.25, 0.3) is 0 Å². The first-order valence-corrected chi connectivity index (χ1v) is 4.11. The highest BCUT2D eigenvalue weighted by molar-refractivity contribution is 8.26. The molecule has 0 aliphatic rings. The second kappa shape index (κ2) is 1.82. The monoisotopic (exact) mass is 109 g/mol. The second-order valence-electron chi connectivity index (χ2n) is 1.48. The summed E-state index contributed by atoms with van der Waals surface area (Å²) in [6, 6.07) is 0. The van der Waals surface area contributed by atoms with Crippen molar-refractivity contribution in [1.29, 1.82) is 0 Å². The van der Waals surface area contributed by atoms with Crippen LogP contribution in [-0.2, 0) is 0 Å². The van der Waals surface area contributed by atoms with Gasteiger partial charge in [-0.3, -0.25) is 4.72 Å². The molecule has 0 radical (unpaired) electrons. The number of rotatable bonds is 1. The fourth-order valence-electron chi connectivity index (χ4n) is 0. The van der Waals surface area contributed by atoms with Crippen LogP contribution in [0.2, 0.25) is 0 Å². The molecule has 0 aromatic rings. The van der Waals surface area contributed by atoms with Gasteiger partial charge in [0.25, 0.3) is 0 Å². The van der Waals surface area contributed by atoms with Crippen molar-refractivity contribution in [1.82, 2.24) is 4.72 Å². The Hall–Kier alpha value is 0.270. The van der Waals surface area contributed by atoms with Crippen molar-refractivity contribution in [2.75, 3.05) is 19.6 Å². The minimum Gasteiger partial charge on any atom is -0.339 e. The van der Waals surface area contributed by atoms with Crippen LogP contribution in [0.3, 0.4) is 0 Å². The van der Waals surface area contributed by atoms with E-state index in [1.165, 1.54) is 0 Å². The number of nitrogens with one attached hydrogen (secondary N) is 1. The van der Waals surface area contributed by atoms with Crippen molar-refractivity contribution in [2.24, 2.45) is 0 Å². The summed E-state index contributed by atoms with van der Waals surface area (Å²) in [4.78, 5) is 0. The molecule has 0 saturated heterocycles. The van der Waals surface area contributed by atoms with Crippen molar-refractivity contribution < 1.29 is 4.55 Å². The molecule has 6 heavy (non-hydrogen) atoms. The van der Waals surface area contributed by atoms with E-state index in [1.807, 2.05) is 0 Å². The van der Waals surface area contributed by atoms with Gasteiger partial charge < -0.3 is 4.55 Å². The van der Waals surface area contributed by atoms with Crippen LogP contribution in [0.15, 0.2) is 0 Å². The Morgan fingerprint density at radius 3 is 1.67 bits per heavy atom. The molecule has 0 fully saturated rings. The predicted octanol–water partition coefficient (Wildman–Crippen LogP) is 0.658.